The standard InChI is InChI=1S/C29H24F6N2O2/c1-2-18-17-25(15-16-26(18)37)39-23-11-5-20(6-12-23)27(28(30,31)32,29(33,34)35)19-3-9-22(10-4-19)38-24-13-7-21(36)8-14-24/h3-17H,2,36-37H2,1H3. The number of nitrogens with two attached hydrogens (primary N) is 2. The van der Waals surface area contributed by atoms with E-state index in [4.69, 9.17) is 20.9 Å². The Morgan fingerprint density at radius 1 is 0.564 bits per heavy atom. The van der Waals surface area contributed by atoms with Crippen LogP contribution in [-0.4, -0.2) is 12.4 Å². The molecule has 204 valence electrons. The van der Waals surface area contributed by atoms with Crippen LogP contribution in [0, 0.1) is 0 Å². The van der Waals surface area contributed by atoms with Crippen LogP contribution in [0.5, 0.6) is 23.0 Å². The molecule has 4 nitrogen and oxygen atoms in total. The Labute approximate surface area is 220 Å². The van der Waals surface area contributed by atoms with Gasteiger partial charge in [0, 0.05) is 11.4 Å². The molecule has 0 atom stereocenters. The van der Waals surface area contributed by atoms with Crippen molar-refractivity contribution in [3.63, 3.8) is 0 Å². The molecule has 4 aromatic rings. The zero-order valence-electron chi connectivity index (χ0n) is 20.6. The fourth-order valence-corrected chi connectivity index (χ4v) is 4.29. The summed E-state index contributed by atoms with van der Waals surface area (Å²) in [4.78, 5) is 0. The SMILES string of the molecule is CCc1cc(Oc2ccc(C(c3ccc(Oc4ccc(N)cc4)cc3)(C(F)(F)F)C(F)(F)F)cc2)ccc1N. The summed E-state index contributed by atoms with van der Waals surface area (Å²) < 4.78 is 98.1. The summed E-state index contributed by atoms with van der Waals surface area (Å²) in [5, 5.41) is 0. The predicted octanol–water partition coefficient (Wildman–Crippen LogP) is 8.41. The molecule has 0 fully saturated rings. The molecule has 0 heterocycles. The lowest BCUT2D eigenvalue weighted by Gasteiger charge is -2.38. The van der Waals surface area contributed by atoms with Gasteiger partial charge in [0.25, 0.3) is 0 Å². The molecular weight excluding hydrogens is 522 g/mol. The average Bonchev–Trinajstić information content (AvgIpc) is 2.87. The molecule has 0 saturated heterocycles. The van der Waals surface area contributed by atoms with Crippen molar-refractivity contribution >= 4 is 11.4 Å². The highest BCUT2D eigenvalue weighted by atomic mass is 19.4. The summed E-state index contributed by atoms with van der Waals surface area (Å²) in [5.41, 5.74) is 6.97. The molecular formula is C29H24F6N2O2. The normalized spacial score (nSPS) is 12.3. The Kier molecular flexibility index (Phi) is 7.41. The van der Waals surface area contributed by atoms with Crippen LogP contribution >= 0.6 is 0 Å². The van der Waals surface area contributed by atoms with Gasteiger partial charge in [-0.05, 0) is 89.8 Å². The van der Waals surface area contributed by atoms with E-state index < -0.39 is 28.9 Å². The van der Waals surface area contributed by atoms with Gasteiger partial charge >= 0.3 is 12.4 Å². The molecule has 4 aromatic carbocycles. The molecule has 0 aromatic heterocycles. The van der Waals surface area contributed by atoms with Crippen molar-refractivity contribution < 1.29 is 35.8 Å². The summed E-state index contributed by atoms with van der Waals surface area (Å²) >= 11 is 0. The number of hydrogen-bond donors (Lipinski definition) is 2. The number of halogens is 6. The van der Waals surface area contributed by atoms with Crippen LogP contribution in [-0.2, 0) is 11.8 Å². The van der Waals surface area contributed by atoms with E-state index in [1.807, 2.05) is 6.92 Å². The minimum Gasteiger partial charge on any atom is -0.457 e. The molecule has 0 radical (unpaired) electrons. The fourth-order valence-electron chi connectivity index (χ4n) is 4.29. The first-order valence-electron chi connectivity index (χ1n) is 11.8. The first kappa shape index (κ1) is 27.7. The lowest BCUT2D eigenvalue weighted by Crippen LogP contribution is -2.54. The van der Waals surface area contributed by atoms with Gasteiger partial charge in [-0.25, -0.2) is 0 Å². The minimum atomic E-state index is -5.72. The van der Waals surface area contributed by atoms with E-state index in [1.54, 1.807) is 30.3 Å². The van der Waals surface area contributed by atoms with Crippen LogP contribution in [0.15, 0.2) is 91.0 Å². The fraction of sp³-hybridized carbons (Fsp3) is 0.172. The second kappa shape index (κ2) is 10.4. The molecule has 4 N–H and O–H groups in total. The molecule has 0 aliphatic heterocycles. The van der Waals surface area contributed by atoms with Crippen LogP contribution < -0.4 is 20.9 Å². The van der Waals surface area contributed by atoms with Crippen molar-refractivity contribution in [1.82, 2.24) is 0 Å². The first-order valence-corrected chi connectivity index (χ1v) is 11.8. The lowest BCUT2D eigenvalue weighted by molar-refractivity contribution is -0.288. The number of hydrogen-bond acceptors (Lipinski definition) is 4. The third-order valence-electron chi connectivity index (χ3n) is 6.27. The highest BCUT2D eigenvalue weighted by molar-refractivity contribution is 5.52. The number of aryl methyl sites for hydroxylation is 1. The van der Waals surface area contributed by atoms with Crippen molar-refractivity contribution in [2.24, 2.45) is 0 Å². The summed E-state index contributed by atoms with van der Waals surface area (Å²) in [6, 6.07) is 18.3. The first-order chi connectivity index (χ1) is 18.3. The Balaban J connectivity index is 1.71. The molecule has 0 bridgehead atoms. The Morgan fingerprint density at radius 2 is 0.949 bits per heavy atom. The summed E-state index contributed by atoms with van der Waals surface area (Å²) in [7, 11) is 0. The van der Waals surface area contributed by atoms with Crippen LogP contribution in [0.2, 0.25) is 0 Å². The van der Waals surface area contributed by atoms with Crippen LogP contribution in [0.4, 0.5) is 37.7 Å². The van der Waals surface area contributed by atoms with E-state index in [1.165, 1.54) is 12.1 Å². The second-order valence-electron chi connectivity index (χ2n) is 8.78. The van der Waals surface area contributed by atoms with Crippen LogP contribution in [0.25, 0.3) is 0 Å². The molecule has 0 spiro atoms. The maximum Gasteiger partial charge on any atom is 0.411 e. The second-order valence-corrected chi connectivity index (χ2v) is 8.78. The number of nitrogen functional groups attached to an aromatic ring is 2. The van der Waals surface area contributed by atoms with Crippen molar-refractivity contribution in [1.29, 1.82) is 0 Å². The predicted molar refractivity (Wildman–Crippen MR) is 137 cm³/mol. The molecule has 0 aliphatic carbocycles. The summed E-state index contributed by atoms with van der Waals surface area (Å²) in [6.45, 7) is 1.88. The Bertz CT molecular complexity index is 1400. The average molecular weight is 547 g/mol. The maximum atomic E-state index is 14.5. The number of ether oxygens (including phenoxy) is 2. The molecule has 10 heteroatoms. The monoisotopic (exact) mass is 546 g/mol. The molecule has 0 aliphatic rings. The lowest BCUT2D eigenvalue weighted by atomic mass is 9.73. The zero-order valence-corrected chi connectivity index (χ0v) is 20.6. The largest absolute Gasteiger partial charge is 0.457 e. The van der Waals surface area contributed by atoms with E-state index in [-0.39, 0.29) is 11.5 Å². The van der Waals surface area contributed by atoms with Gasteiger partial charge < -0.3 is 20.9 Å². The van der Waals surface area contributed by atoms with Gasteiger partial charge in [-0.1, -0.05) is 31.2 Å². The minimum absolute atomic E-state index is 0.0560. The highest BCUT2D eigenvalue weighted by Crippen LogP contribution is 2.56. The zero-order chi connectivity index (χ0) is 28.4. The topological polar surface area (TPSA) is 70.5 Å². The molecule has 0 amide bonds. The molecule has 0 saturated carbocycles. The molecule has 39 heavy (non-hydrogen) atoms. The van der Waals surface area contributed by atoms with Crippen LogP contribution in [0.3, 0.4) is 0 Å². The van der Waals surface area contributed by atoms with Gasteiger partial charge in [0.15, 0.2) is 0 Å². The summed E-state index contributed by atoms with van der Waals surface area (Å²) in [5.74, 6) is 0.789. The van der Waals surface area contributed by atoms with Crippen molar-refractivity contribution in [3.8, 4) is 23.0 Å². The summed E-state index contributed by atoms with van der Waals surface area (Å²) in [6.07, 6.45) is -10.8. The van der Waals surface area contributed by atoms with Gasteiger partial charge in [0.05, 0.1) is 0 Å². The molecule has 4 rings (SSSR count). The van der Waals surface area contributed by atoms with Gasteiger partial charge in [-0.2, -0.15) is 26.3 Å². The van der Waals surface area contributed by atoms with Gasteiger partial charge in [-0.15, -0.1) is 0 Å². The number of anilines is 2. The van der Waals surface area contributed by atoms with Gasteiger partial charge in [-0.3, -0.25) is 0 Å². The maximum absolute atomic E-state index is 14.5. The van der Waals surface area contributed by atoms with E-state index >= 15 is 0 Å². The number of alkyl halides is 6. The van der Waals surface area contributed by atoms with Crippen molar-refractivity contribution in [3.05, 3.63) is 108 Å². The third kappa shape index (κ3) is 5.45. The van der Waals surface area contributed by atoms with Gasteiger partial charge in [0.2, 0.25) is 5.41 Å². The quantitative estimate of drug-likeness (QED) is 0.180. The molecule has 0 unspecified atom stereocenters. The third-order valence-corrected chi connectivity index (χ3v) is 6.27. The van der Waals surface area contributed by atoms with Crippen molar-refractivity contribution in [2.75, 3.05) is 11.5 Å². The van der Waals surface area contributed by atoms with E-state index in [0.717, 1.165) is 54.1 Å². The van der Waals surface area contributed by atoms with Gasteiger partial charge in [0.1, 0.15) is 23.0 Å². The number of benzene rings is 4. The Morgan fingerprint density at radius 3 is 1.36 bits per heavy atom. The number of rotatable bonds is 7. The van der Waals surface area contributed by atoms with E-state index in [0.29, 0.717) is 29.3 Å². The van der Waals surface area contributed by atoms with Crippen molar-refractivity contribution in [2.45, 2.75) is 31.1 Å². The van der Waals surface area contributed by atoms with E-state index in [9.17, 15) is 26.3 Å². The smallest absolute Gasteiger partial charge is 0.411 e. The van der Waals surface area contributed by atoms with E-state index in [2.05, 4.69) is 0 Å². The van der Waals surface area contributed by atoms with Crippen LogP contribution in [0.1, 0.15) is 23.6 Å². The Hall–Kier alpha value is -4.34. The highest BCUT2D eigenvalue weighted by Gasteiger charge is 2.72.